The molecular formula is C36H81I. The van der Waals surface area contributed by atoms with E-state index in [4.69, 9.17) is 0 Å². The van der Waals surface area contributed by atoms with Gasteiger partial charge in [0.15, 0.2) is 0 Å². The van der Waals surface area contributed by atoms with Crippen LogP contribution in [0.1, 0.15) is 171 Å². The van der Waals surface area contributed by atoms with Crippen molar-refractivity contribution in [1.29, 1.82) is 0 Å². The van der Waals surface area contributed by atoms with E-state index < -0.39 is 0 Å². The molecule has 0 aliphatic rings. The molecule has 1 rings (SSSR count). The monoisotopic (exact) mass is 641 g/mol. The van der Waals surface area contributed by atoms with Crippen molar-refractivity contribution in [2.75, 3.05) is 0 Å². The molecule has 0 saturated heterocycles. The highest BCUT2D eigenvalue weighted by atomic mass is 127. The van der Waals surface area contributed by atoms with E-state index in [-0.39, 0.29) is 38.8 Å². The van der Waals surface area contributed by atoms with Crippen LogP contribution >= 0.6 is 24.0 Å². The summed E-state index contributed by atoms with van der Waals surface area (Å²) < 4.78 is 0. The molecule has 1 aromatic rings. The number of benzene rings is 1. The average Bonchev–Trinajstić information content (AvgIpc) is 2.77. The van der Waals surface area contributed by atoms with E-state index in [0.29, 0.717) is 16.2 Å². The molecule has 0 atom stereocenters. The summed E-state index contributed by atoms with van der Waals surface area (Å²) >= 11 is 0. The van der Waals surface area contributed by atoms with Crippen LogP contribution in [-0.4, -0.2) is 0 Å². The standard InChI is InChI=1S/C12H18.3C6H14.2C2H6.2CH4.HI/c1-4-12(2,3)10-11-8-6-5-7-9-11;2*1-5-6(2,3)4;1-5(2)6(3)4;2*1-2;;;/h5-9H,4,10H2,1-3H3;2*5H2,1-4H3;5-6H,1-4H3;2*1-2H3;2*1H4;1H. The van der Waals surface area contributed by atoms with Gasteiger partial charge >= 0.3 is 0 Å². The van der Waals surface area contributed by atoms with Gasteiger partial charge in [0.05, 0.1) is 0 Å². The Bertz CT molecular complexity index is 450. The van der Waals surface area contributed by atoms with Crippen molar-refractivity contribution in [3.63, 3.8) is 0 Å². The van der Waals surface area contributed by atoms with E-state index in [1.807, 2.05) is 27.7 Å². The first-order chi connectivity index (χ1) is 15.4. The number of hydrogen-bond acceptors (Lipinski definition) is 0. The Morgan fingerprint density at radius 2 is 0.784 bits per heavy atom. The average molecular weight is 641 g/mol. The van der Waals surface area contributed by atoms with Crippen LogP contribution in [-0.2, 0) is 6.42 Å². The number of halogens is 1. The smallest absolute Gasteiger partial charge is 0.0227 e. The molecule has 0 N–H and O–H groups in total. The lowest BCUT2D eigenvalue weighted by Gasteiger charge is -2.22. The quantitative estimate of drug-likeness (QED) is 0.287. The minimum atomic E-state index is 0. The molecular weight excluding hydrogens is 559 g/mol. The first kappa shape index (κ1) is 57.0. The maximum Gasteiger partial charge on any atom is -0.0227 e. The van der Waals surface area contributed by atoms with Gasteiger partial charge in [-0.3, -0.25) is 0 Å². The fraction of sp³-hybridized carbons (Fsp3) is 0.833. The Morgan fingerprint density at radius 3 is 0.946 bits per heavy atom. The summed E-state index contributed by atoms with van der Waals surface area (Å²) in [5.41, 5.74) is 2.98. The largest absolute Gasteiger partial charge is 0.107 e. The predicted molar refractivity (Wildman–Crippen MR) is 195 cm³/mol. The highest BCUT2D eigenvalue weighted by Crippen LogP contribution is 2.24. The molecule has 0 saturated carbocycles. The lowest BCUT2D eigenvalue weighted by molar-refractivity contribution is 0.349. The van der Waals surface area contributed by atoms with E-state index in [2.05, 4.69) is 134 Å². The van der Waals surface area contributed by atoms with Crippen LogP contribution in [0.4, 0.5) is 0 Å². The van der Waals surface area contributed by atoms with Crippen LogP contribution in [0.5, 0.6) is 0 Å². The number of rotatable bonds is 4. The van der Waals surface area contributed by atoms with Gasteiger partial charge in [-0.2, -0.15) is 0 Å². The topological polar surface area (TPSA) is 0 Å². The van der Waals surface area contributed by atoms with E-state index in [0.717, 1.165) is 11.8 Å². The van der Waals surface area contributed by atoms with Crippen LogP contribution in [0.15, 0.2) is 30.3 Å². The predicted octanol–water partition coefficient (Wildman–Crippen LogP) is 14.8. The Morgan fingerprint density at radius 1 is 0.541 bits per heavy atom. The van der Waals surface area contributed by atoms with Crippen molar-refractivity contribution >= 4 is 24.0 Å². The third-order valence-corrected chi connectivity index (χ3v) is 5.94. The summed E-state index contributed by atoms with van der Waals surface area (Å²) in [5, 5.41) is 0. The summed E-state index contributed by atoms with van der Waals surface area (Å²) in [6.07, 6.45) is 4.96. The SMILES string of the molecule is C.C.CC.CC.CC(C)C(C)C.CCC(C)(C)C.CCC(C)(C)C.CCC(C)(C)Cc1ccccc1.I. The highest BCUT2D eigenvalue weighted by Gasteiger charge is 2.14. The molecule has 0 aliphatic heterocycles. The zero-order valence-corrected chi connectivity index (χ0v) is 30.6. The first-order valence-corrected chi connectivity index (χ1v) is 14.4. The molecule has 0 bridgehead atoms. The molecule has 37 heavy (non-hydrogen) atoms. The van der Waals surface area contributed by atoms with Crippen molar-refractivity contribution in [3.05, 3.63) is 35.9 Å². The Balaban J connectivity index is -0.0000000493. The van der Waals surface area contributed by atoms with E-state index >= 15 is 0 Å². The van der Waals surface area contributed by atoms with Gasteiger partial charge < -0.3 is 0 Å². The van der Waals surface area contributed by atoms with Gasteiger partial charge in [0, 0.05) is 0 Å². The second-order valence-electron chi connectivity index (χ2n) is 12.5. The number of hydrogen-bond donors (Lipinski definition) is 0. The van der Waals surface area contributed by atoms with Crippen LogP contribution in [0.2, 0.25) is 0 Å². The second kappa shape index (κ2) is 34.0. The molecule has 0 fully saturated rings. The lowest BCUT2D eigenvalue weighted by Crippen LogP contribution is -2.12. The van der Waals surface area contributed by atoms with Gasteiger partial charge in [-0.1, -0.05) is 196 Å². The maximum absolute atomic E-state index is 2.32. The van der Waals surface area contributed by atoms with Gasteiger partial charge in [0.25, 0.3) is 0 Å². The highest BCUT2D eigenvalue weighted by molar-refractivity contribution is 14.0. The van der Waals surface area contributed by atoms with Gasteiger partial charge in [-0.25, -0.2) is 0 Å². The van der Waals surface area contributed by atoms with Crippen LogP contribution in [0.25, 0.3) is 0 Å². The van der Waals surface area contributed by atoms with Crippen molar-refractivity contribution in [1.82, 2.24) is 0 Å². The molecule has 0 aliphatic carbocycles. The van der Waals surface area contributed by atoms with Gasteiger partial charge in [0.2, 0.25) is 0 Å². The fourth-order valence-electron chi connectivity index (χ4n) is 1.27. The molecule has 0 amide bonds. The molecule has 1 aromatic carbocycles. The first-order valence-electron chi connectivity index (χ1n) is 14.4. The van der Waals surface area contributed by atoms with Crippen molar-refractivity contribution in [3.8, 4) is 0 Å². The zero-order valence-electron chi connectivity index (χ0n) is 28.3. The summed E-state index contributed by atoms with van der Waals surface area (Å²) in [7, 11) is 0. The van der Waals surface area contributed by atoms with Crippen molar-refractivity contribution < 1.29 is 0 Å². The Hall–Kier alpha value is -0.0500. The molecule has 1 heteroatoms. The van der Waals surface area contributed by atoms with Crippen LogP contribution in [0.3, 0.4) is 0 Å². The molecule has 0 aromatic heterocycles. The van der Waals surface area contributed by atoms with E-state index in [1.54, 1.807) is 0 Å². The molecule has 0 nitrogen and oxygen atoms in total. The summed E-state index contributed by atoms with van der Waals surface area (Å²) in [6, 6.07) is 10.7. The third kappa shape index (κ3) is 61.5. The molecule has 0 radical (unpaired) electrons. The molecule has 0 heterocycles. The van der Waals surface area contributed by atoms with Crippen molar-refractivity contribution in [2.24, 2.45) is 28.1 Å². The Kier molecular flexibility index (Phi) is 52.3. The molecule has 232 valence electrons. The van der Waals surface area contributed by atoms with Crippen LogP contribution in [0, 0.1) is 28.1 Å². The van der Waals surface area contributed by atoms with Crippen LogP contribution < -0.4 is 0 Å². The second-order valence-corrected chi connectivity index (χ2v) is 12.5. The fourth-order valence-corrected chi connectivity index (χ4v) is 1.27. The van der Waals surface area contributed by atoms with Gasteiger partial charge in [-0.05, 0) is 40.1 Å². The van der Waals surface area contributed by atoms with Gasteiger partial charge in [-0.15, -0.1) is 24.0 Å². The van der Waals surface area contributed by atoms with Crippen molar-refractivity contribution in [2.45, 2.75) is 172 Å². The normalized spacial score (nSPS) is 9.76. The maximum atomic E-state index is 2.32. The summed E-state index contributed by atoms with van der Waals surface area (Å²) in [5.74, 6) is 1.70. The third-order valence-electron chi connectivity index (χ3n) is 5.94. The molecule has 0 unspecified atom stereocenters. The minimum absolute atomic E-state index is 0. The zero-order chi connectivity index (χ0) is 28.6. The summed E-state index contributed by atoms with van der Waals surface area (Å²) in [6.45, 7) is 41.7. The summed E-state index contributed by atoms with van der Waals surface area (Å²) in [4.78, 5) is 0. The molecule has 0 spiro atoms. The lowest BCUT2D eigenvalue weighted by atomic mass is 9.83. The minimum Gasteiger partial charge on any atom is -0.107 e. The van der Waals surface area contributed by atoms with E-state index in [1.165, 1.54) is 31.2 Å². The Labute approximate surface area is 259 Å². The van der Waals surface area contributed by atoms with Gasteiger partial charge in [0.1, 0.15) is 0 Å². The van der Waals surface area contributed by atoms with E-state index in [9.17, 15) is 0 Å².